The number of carbonyl (C=O) groups is 3. The number of hydrogen-bond acceptors (Lipinski definition) is 5. The molecule has 1 aliphatic heterocycles. The summed E-state index contributed by atoms with van der Waals surface area (Å²) in [5.74, 6) is -1.06. The van der Waals surface area contributed by atoms with E-state index in [1.54, 1.807) is 36.1 Å². The summed E-state index contributed by atoms with van der Waals surface area (Å²) in [6.07, 6.45) is 3.01. The van der Waals surface area contributed by atoms with Crippen molar-refractivity contribution in [2.24, 2.45) is 5.92 Å². The zero-order valence-electron chi connectivity index (χ0n) is 14.7. The Kier molecular flexibility index (Phi) is 4.94. The molecule has 136 valence electrons. The van der Waals surface area contributed by atoms with Gasteiger partial charge in [-0.05, 0) is 44.2 Å². The van der Waals surface area contributed by atoms with Gasteiger partial charge < -0.3 is 15.0 Å². The lowest BCUT2D eigenvalue weighted by Crippen LogP contribution is -2.48. The minimum absolute atomic E-state index is 0.0304. The molecule has 2 fully saturated rings. The predicted octanol–water partition coefficient (Wildman–Crippen LogP) is 1.78. The summed E-state index contributed by atoms with van der Waals surface area (Å²) in [4.78, 5) is 38.0. The van der Waals surface area contributed by atoms with Crippen molar-refractivity contribution in [3.8, 4) is 6.07 Å². The SMILES string of the molecule is C[C@](C#N)(NC(=O)COC(=O)c1ccccc1N1CCCC1=O)C1CC1. The Morgan fingerprint density at radius 2 is 2.12 bits per heavy atom. The summed E-state index contributed by atoms with van der Waals surface area (Å²) >= 11 is 0. The molecule has 2 amide bonds. The van der Waals surface area contributed by atoms with Crippen LogP contribution in [0.1, 0.15) is 43.0 Å². The number of nitrogens with one attached hydrogen (secondary N) is 1. The summed E-state index contributed by atoms with van der Waals surface area (Å²) in [5, 5.41) is 11.9. The van der Waals surface area contributed by atoms with E-state index in [1.165, 1.54) is 0 Å². The molecule has 0 bridgehead atoms. The highest BCUT2D eigenvalue weighted by atomic mass is 16.5. The van der Waals surface area contributed by atoms with Crippen LogP contribution in [0.2, 0.25) is 0 Å². The highest BCUT2D eigenvalue weighted by Crippen LogP contribution is 2.39. The molecule has 3 rings (SSSR count). The molecule has 7 heteroatoms. The first kappa shape index (κ1) is 17.9. The van der Waals surface area contributed by atoms with Crippen LogP contribution in [-0.4, -0.2) is 36.5 Å². The standard InChI is InChI=1S/C19H21N3O4/c1-19(12-20,13-8-9-13)21-16(23)11-26-18(25)14-5-2-3-6-15(14)22-10-4-7-17(22)24/h2-3,5-6,13H,4,7-11H2,1H3,(H,21,23)/t19-/m1/s1. The number of nitrogens with zero attached hydrogens (tertiary/aromatic N) is 2. The van der Waals surface area contributed by atoms with Gasteiger partial charge in [-0.1, -0.05) is 12.1 Å². The van der Waals surface area contributed by atoms with Gasteiger partial charge in [0.15, 0.2) is 6.61 Å². The van der Waals surface area contributed by atoms with Gasteiger partial charge in [-0.15, -0.1) is 0 Å². The first-order valence-corrected chi connectivity index (χ1v) is 8.73. The number of carbonyl (C=O) groups excluding carboxylic acids is 3. The molecule has 1 aromatic rings. The van der Waals surface area contributed by atoms with Gasteiger partial charge in [0, 0.05) is 13.0 Å². The average Bonchev–Trinajstić information content (AvgIpc) is 3.42. The van der Waals surface area contributed by atoms with Crippen LogP contribution in [0.25, 0.3) is 0 Å². The van der Waals surface area contributed by atoms with E-state index in [0.29, 0.717) is 18.7 Å². The fourth-order valence-electron chi connectivity index (χ4n) is 3.20. The first-order valence-electron chi connectivity index (χ1n) is 8.73. The molecule has 0 unspecified atom stereocenters. The van der Waals surface area contributed by atoms with E-state index >= 15 is 0 Å². The number of amides is 2. The highest BCUT2D eigenvalue weighted by molar-refractivity contribution is 6.03. The van der Waals surface area contributed by atoms with E-state index in [2.05, 4.69) is 11.4 Å². The monoisotopic (exact) mass is 355 g/mol. The summed E-state index contributed by atoms with van der Waals surface area (Å²) < 4.78 is 5.12. The number of esters is 1. The Morgan fingerprint density at radius 3 is 2.73 bits per heavy atom. The van der Waals surface area contributed by atoms with Crippen LogP contribution in [0.4, 0.5) is 5.69 Å². The largest absolute Gasteiger partial charge is 0.452 e. The zero-order chi connectivity index (χ0) is 18.7. The smallest absolute Gasteiger partial charge is 0.340 e. The molecule has 0 aromatic heterocycles. The van der Waals surface area contributed by atoms with E-state index in [0.717, 1.165) is 19.3 Å². The van der Waals surface area contributed by atoms with E-state index in [4.69, 9.17) is 4.74 Å². The molecule has 0 spiro atoms. The van der Waals surface area contributed by atoms with Crippen LogP contribution in [0, 0.1) is 17.2 Å². The van der Waals surface area contributed by atoms with Crippen molar-refractivity contribution in [2.45, 2.75) is 38.1 Å². The lowest BCUT2D eigenvalue weighted by Gasteiger charge is -2.23. The fourth-order valence-corrected chi connectivity index (χ4v) is 3.20. The minimum atomic E-state index is -0.927. The van der Waals surface area contributed by atoms with Crippen LogP contribution >= 0.6 is 0 Å². The molecule has 1 aliphatic carbocycles. The third-order valence-electron chi connectivity index (χ3n) is 4.85. The number of rotatable bonds is 6. The number of hydrogen-bond donors (Lipinski definition) is 1. The average molecular weight is 355 g/mol. The van der Waals surface area contributed by atoms with Gasteiger partial charge in [0.2, 0.25) is 5.91 Å². The third kappa shape index (κ3) is 3.69. The minimum Gasteiger partial charge on any atom is -0.452 e. The van der Waals surface area contributed by atoms with Crippen molar-refractivity contribution in [1.82, 2.24) is 5.32 Å². The van der Waals surface area contributed by atoms with Gasteiger partial charge in [-0.25, -0.2) is 4.79 Å². The van der Waals surface area contributed by atoms with Crippen LogP contribution in [-0.2, 0) is 14.3 Å². The number of benzene rings is 1. The van der Waals surface area contributed by atoms with E-state index in [1.807, 2.05) is 0 Å². The number of nitriles is 1. The normalized spacial score (nSPS) is 18.8. The Morgan fingerprint density at radius 1 is 1.38 bits per heavy atom. The third-order valence-corrected chi connectivity index (χ3v) is 4.85. The summed E-state index contributed by atoms with van der Waals surface area (Å²) in [5.41, 5.74) is -0.176. The molecule has 0 radical (unpaired) electrons. The van der Waals surface area contributed by atoms with E-state index < -0.39 is 24.0 Å². The quantitative estimate of drug-likeness (QED) is 0.784. The van der Waals surface area contributed by atoms with Crippen molar-refractivity contribution in [3.63, 3.8) is 0 Å². The van der Waals surface area contributed by atoms with Crippen LogP contribution in [0.15, 0.2) is 24.3 Å². The fraction of sp³-hybridized carbons (Fsp3) is 0.474. The first-order chi connectivity index (χ1) is 12.4. The highest BCUT2D eigenvalue weighted by Gasteiger charge is 2.43. The second-order valence-electron chi connectivity index (χ2n) is 6.88. The topological polar surface area (TPSA) is 99.5 Å². The summed E-state index contributed by atoms with van der Waals surface area (Å²) in [6.45, 7) is 1.77. The molecule has 1 saturated carbocycles. The second-order valence-corrected chi connectivity index (χ2v) is 6.88. The van der Waals surface area contributed by atoms with Gasteiger partial charge in [0.05, 0.1) is 17.3 Å². The molecule has 1 saturated heterocycles. The Bertz CT molecular complexity index is 781. The lowest BCUT2D eigenvalue weighted by molar-refractivity contribution is -0.125. The van der Waals surface area contributed by atoms with Crippen LogP contribution in [0.3, 0.4) is 0 Å². The van der Waals surface area contributed by atoms with Crippen molar-refractivity contribution in [3.05, 3.63) is 29.8 Å². The van der Waals surface area contributed by atoms with Crippen molar-refractivity contribution >= 4 is 23.5 Å². The number of para-hydroxylation sites is 1. The van der Waals surface area contributed by atoms with Gasteiger partial charge in [0.1, 0.15) is 5.54 Å². The second kappa shape index (κ2) is 7.16. The Labute approximate surface area is 151 Å². The lowest BCUT2D eigenvalue weighted by atomic mass is 9.98. The molecule has 7 nitrogen and oxygen atoms in total. The van der Waals surface area contributed by atoms with Crippen molar-refractivity contribution in [1.29, 1.82) is 5.26 Å². The zero-order valence-corrected chi connectivity index (χ0v) is 14.7. The molecular weight excluding hydrogens is 334 g/mol. The Balaban J connectivity index is 1.63. The molecule has 2 aliphatic rings. The molecular formula is C19H21N3O4. The van der Waals surface area contributed by atoms with Gasteiger partial charge in [-0.3, -0.25) is 9.59 Å². The Hall–Kier alpha value is -2.88. The number of anilines is 1. The van der Waals surface area contributed by atoms with E-state index in [-0.39, 0.29) is 17.4 Å². The van der Waals surface area contributed by atoms with Crippen molar-refractivity contribution < 1.29 is 19.1 Å². The maximum Gasteiger partial charge on any atom is 0.340 e. The summed E-state index contributed by atoms with van der Waals surface area (Å²) in [6, 6.07) is 8.82. The summed E-state index contributed by atoms with van der Waals surface area (Å²) in [7, 11) is 0. The molecule has 1 aromatic carbocycles. The van der Waals surface area contributed by atoms with Crippen LogP contribution < -0.4 is 10.2 Å². The van der Waals surface area contributed by atoms with Gasteiger partial charge in [0.25, 0.3) is 5.91 Å². The molecule has 26 heavy (non-hydrogen) atoms. The number of ether oxygens (including phenoxy) is 1. The maximum atomic E-state index is 12.4. The van der Waals surface area contributed by atoms with Gasteiger partial charge >= 0.3 is 5.97 Å². The molecule has 1 atom stereocenters. The van der Waals surface area contributed by atoms with Crippen molar-refractivity contribution in [2.75, 3.05) is 18.1 Å². The van der Waals surface area contributed by atoms with E-state index in [9.17, 15) is 19.6 Å². The van der Waals surface area contributed by atoms with Gasteiger partial charge in [-0.2, -0.15) is 5.26 Å². The maximum absolute atomic E-state index is 12.4. The molecule has 1 N–H and O–H groups in total. The van der Waals surface area contributed by atoms with Crippen LogP contribution in [0.5, 0.6) is 0 Å². The molecule has 1 heterocycles. The predicted molar refractivity (Wildman–Crippen MR) is 93.2 cm³/mol.